The van der Waals surface area contributed by atoms with Gasteiger partial charge in [0.05, 0.1) is 6.42 Å². The van der Waals surface area contributed by atoms with Crippen LogP contribution in [-0.2, 0) is 25.7 Å². The van der Waals surface area contributed by atoms with Crippen molar-refractivity contribution in [2.75, 3.05) is 0 Å². The van der Waals surface area contributed by atoms with Gasteiger partial charge in [0.15, 0.2) is 0 Å². The Kier molecular flexibility index (Phi) is 6.56. The number of ether oxygens (including phenoxy) is 2. The molecule has 1 rings (SSSR count). The van der Waals surface area contributed by atoms with Gasteiger partial charge >= 0.3 is 24.3 Å². The van der Waals surface area contributed by atoms with Gasteiger partial charge in [-0.15, -0.1) is 0 Å². The molecular formula is C17H18F6O4. The van der Waals surface area contributed by atoms with Gasteiger partial charge in [-0.25, -0.2) is 0 Å². The zero-order valence-corrected chi connectivity index (χ0v) is 14.7. The summed E-state index contributed by atoms with van der Waals surface area (Å²) >= 11 is 0. The predicted molar refractivity (Wildman–Crippen MR) is 81.2 cm³/mol. The monoisotopic (exact) mass is 400 g/mol. The maximum Gasteiger partial charge on any atom is 0.414 e. The molecule has 1 aromatic carbocycles. The third-order valence-corrected chi connectivity index (χ3v) is 3.36. The summed E-state index contributed by atoms with van der Waals surface area (Å²) in [5, 5.41) is 0. The lowest BCUT2D eigenvalue weighted by molar-refractivity contribution is -0.334. The molecule has 0 spiro atoms. The lowest BCUT2D eigenvalue weighted by Crippen LogP contribution is -2.57. The number of carbonyl (C=O) groups excluding carboxylic acids is 2. The predicted octanol–water partition coefficient (Wildman–Crippen LogP) is 4.57. The smallest absolute Gasteiger partial charge is 0.414 e. The maximum absolute atomic E-state index is 13.4. The third kappa shape index (κ3) is 5.61. The molecule has 0 saturated carbocycles. The van der Waals surface area contributed by atoms with Crippen molar-refractivity contribution < 1.29 is 45.4 Å². The van der Waals surface area contributed by atoms with E-state index in [0.29, 0.717) is 0 Å². The van der Waals surface area contributed by atoms with Gasteiger partial charge in [0, 0.05) is 0 Å². The normalized spacial score (nSPS) is 13.2. The van der Waals surface area contributed by atoms with E-state index in [2.05, 4.69) is 9.47 Å². The first-order valence-corrected chi connectivity index (χ1v) is 7.66. The fraction of sp³-hybridized carbons (Fsp3) is 0.529. The molecule has 0 bridgehead atoms. The molecule has 0 atom stereocenters. The maximum atomic E-state index is 13.4. The molecule has 10 heteroatoms. The molecule has 152 valence electrons. The zero-order chi connectivity index (χ0) is 21.1. The Morgan fingerprint density at radius 2 is 1.37 bits per heavy atom. The van der Waals surface area contributed by atoms with E-state index in [0.717, 1.165) is 0 Å². The van der Waals surface area contributed by atoms with Crippen LogP contribution in [0.4, 0.5) is 26.3 Å². The van der Waals surface area contributed by atoms with Crippen molar-refractivity contribution in [2.45, 2.75) is 51.8 Å². The van der Waals surface area contributed by atoms with Gasteiger partial charge in [-0.2, -0.15) is 26.3 Å². The first-order valence-electron chi connectivity index (χ1n) is 7.66. The molecule has 1 aromatic rings. The number of halogens is 6. The second-order valence-electron chi connectivity index (χ2n) is 6.73. The Morgan fingerprint density at radius 3 is 1.78 bits per heavy atom. The number of rotatable bonds is 5. The van der Waals surface area contributed by atoms with E-state index in [-0.39, 0.29) is 5.56 Å². The minimum Gasteiger partial charge on any atom is -0.460 e. The number of carbonyl (C=O) groups is 2. The quantitative estimate of drug-likeness (QED) is 0.537. The highest BCUT2D eigenvalue weighted by Crippen LogP contribution is 2.54. The van der Waals surface area contributed by atoms with Crippen molar-refractivity contribution in [2.24, 2.45) is 5.41 Å². The SMILES string of the molecule is CC(C)(C)OC(=O)CC(C(=O)OCc1ccccc1)(C(F)(F)F)C(F)(F)F. The van der Waals surface area contributed by atoms with Crippen LogP contribution in [-0.4, -0.2) is 29.9 Å². The summed E-state index contributed by atoms with van der Waals surface area (Å²) in [4.78, 5) is 23.7. The van der Waals surface area contributed by atoms with Crippen LogP contribution in [0, 0.1) is 5.41 Å². The van der Waals surface area contributed by atoms with Crippen molar-refractivity contribution in [1.29, 1.82) is 0 Å². The largest absolute Gasteiger partial charge is 0.460 e. The Balaban J connectivity index is 3.23. The highest BCUT2D eigenvalue weighted by atomic mass is 19.4. The van der Waals surface area contributed by atoms with Crippen molar-refractivity contribution >= 4 is 11.9 Å². The summed E-state index contributed by atoms with van der Waals surface area (Å²) in [5.74, 6) is -4.44. The van der Waals surface area contributed by atoms with Gasteiger partial charge in [-0.05, 0) is 26.3 Å². The van der Waals surface area contributed by atoms with Crippen molar-refractivity contribution in [3.63, 3.8) is 0 Å². The van der Waals surface area contributed by atoms with Crippen molar-refractivity contribution in [3.8, 4) is 0 Å². The molecule has 4 nitrogen and oxygen atoms in total. The van der Waals surface area contributed by atoms with E-state index < -0.39 is 48.3 Å². The molecule has 0 saturated heterocycles. The van der Waals surface area contributed by atoms with Crippen LogP contribution in [0.2, 0.25) is 0 Å². The molecule has 0 unspecified atom stereocenters. The van der Waals surface area contributed by atoms with Crippen LogP contribution in [0.25, 0.3) is 0 Å². The Bertz CT molecular complexity index is 645. The fourth-order valence-electron chi connectivity index (χ4n) is 2.11. The minimum absolute atomic E-state index is 0.182. The van der Waals surface area contributed by atoms with Gasteiger partial charge in [0.2, 0.25) is 0 Å². The standard InChI is InChI=1S/C17H18F6O4/c1-14(2,3)27-12(24)9-15(16(18,19)20,17(21,22)23)13(25)26-10-11-7-5-4-6-8-11/h4-8H,9-10H2,1-3H3. The van der Waals surface area contributed by atoms with Crippen LogP contribution < -0.4 is 0 Å². The molecule has 0 aliphatic carbocycles. The summed E-state index contributed by atoms with van der Waals surface area (Å²) < 4.78 is 89.3. The molecule has 0 amide bonds. The molecule has 0 aliphatic rings. The molecule has 0 heterocycles. The van der Waals surface area contributed by atoms with E-state index in [1.54, 1.807) is 6.07 Å². The number of hydrogen-bond acceptors (Lipinski definition) is 4. The number of hydrogen-bond donors (Lipinski definition) is 0. The summed E-state index contributed by atoms with van der Waals surface area (Å²) in [6.45, 7) is 2.98. The van der Waals surface area contributed by atoms with Crippen LogP contribution >= 0.6 is 0 Å². The van der Waals surface area contributed by atoms with Gasteiger partial charge < -0.3 is 9.47 Å². The molecule has 0 fully saturated rings. The zero-order valence-electron chi connectivity index (χ0n) is 14.7. The molecule has 27 heavy (non-hydrogen) atoms. The van der Waals surface area contributed by atoms with E-state index in [1.807, 2.05) is 0 Å². The Morgan fingerprint density at radius 1 is 0.889 bits per heavy atom. The second kappa shape index (κ2) is 7.77. The first-order chi connectivity index (χ1) is 12.1. The summed E-state index contributed by atoms with van der Waals surface area (Å²) in [5.41, 5.74) is -6.19. The number of benzene rings is 1. The number of esters is 2. The lowest BCUT2D eigenvalue weighted by Gasteiger charge is -2.34. The summed E-state index contributed by atoms with van der Waals surface area (Å²) in [6.07, 6.45) is -14.5. The van der Waals surface area contributed by atoms with Crippen molar-refractivity contribution in [1.82, 2.24) is 0 Å². The topological polar surface area (TPSA) is 52.6 Å². The lowest BCUT2D eigenvalue weighted by atomic mass is 9.82. The number of alkyl halides is 6. The first kappa shape index (κ1) is 22.8. The molecule has 0 N–H and O–H groups in total. The summed E-state index contributed by atoms with van der Waals surface area (Å²) in [7, 11) is 0. The minimum atomic E-state index is -6.13. The van der Waals surface area contributed by atoms with Crippen molar-refractivity contribution in [3.05, 3.63) is 35.9 Å². The highest BCUT2D eigenvalue weighted by Gasteiger charge is 2.77. The van der Waals surface area contributed by atoms with Crippen LogP contribution in [0.3, 0.4) is 0 Å². The molecule has 0 aliphatic heterocycles. The van der Waals surface area contributed by atoms with Crippen LogP contribution in [0.1, 0.15) is 32.8 Å². The average molecular weight is 400 g/mol. The summed E-state index contributed by atoms with van der Waals surface area (Å²) in [6, 6.07) is 7.19. The van der Waals surface area contributed by atoms with Gasteiger partial charge in [-0.1, -0.05) is 30.3 Å². The molecule has 0 radical (unpaired) electrons. The molecule has 0 aromatic heterocycles. The Labute approximate surface area is 151 Å². The molecular weight excluding hydrogens is 382 g/mol. The van der Waals surface area contributed by atoms with E-state index >= 15 is 0 Å². The third-order valence-electron chi connectivity index (χ3n) is 3.36. The average Bonchev–Trinajstić information content (AvgIpc) is 2.47. The van der Waals surface area contributed by atoms with E-state index in [1.165, 1.54) is 45.0 Å². The van der Waals surface area contributed by atoms with Crippen LogP contribution in [0.5, 0.6) is 0 Å². The second-order valence-corrected chi connectivity index (χ2v) is 6.73. The van der Waals surface area contributed by atoms with Crippen LogP contribution in [0.15, 0.2) is 30.3 Å². The van der Waals surface area contributed by atoms with Gasteiger partial charge in [-0.3, -0.25) is 9.59 Å². The fourth-order valence-corrected chi connectivity index (χ4v) is 2.11. The highest BCUT2D eigenvalue weighted by molar-refractivity contribution is 5.85. The van der Waals surface area contributed by atoms with E-state index in [9.17, 15) is 35.9 Å². The Hall–Kier alpha value is -2.26. The van der Waals surface area contributed by atoms with E-state index in [4.69, 9.17) is 0 Å². The van der Waals surface area contributed by atoms with Gasteiger partial charge in [0.1, 0.15) is 12.2 Å². The van der Waals surface area contributed by atoms with Gasteiger partial charge in [0.25, 0.3) is 5.41 Å².